The molecule has 2 atom stereocenters. The van der Waals surface area contributed by atoms with Gasteiger partial charge in [0.1, 0.15) is 5.75 Å². The van der Waals surface area contributed by atoms with Crippen molar-refractivity contribution < 1.29 is 22.7 Å². The highest BCUT2D eigenvalue weighted by Gasteiger charge is 2.35. The molecule has 1 aliphatic heterocycles. The summed E-state index contributed by atoms with van der Waals surface area (Å²) in [6.45, 7) is 0.448. The Morgan fingerprint density at radius 3 is 2.52 bits per heavy atom. The zero-order valence-corrected chi connectivity index (χ0v) is 17.2. The number of nitrogens with zero attached hydrogens (tertiary/aromatic N) is 2. The Bertz CT molecular complexity index is 887. The Labute approximate surface area is 171 Å². The van der Waals surface area contributed by atoms with Gasteiger partial charge in [0.25, 0.3) is 5.91 Å². The molecule has 2 aliphatic rings. The molecular weight excluding hydrogens is 392 g/mol. The van der Waals surface area contributed by atoms with Gasteiger partial charge in [0.2, 0.25) is 0 Å². The minimum atomic E-state index is -3.49. The molecule has 1 aromatic carbocycles. The Kier molecular flexibility index (Phi) is 6.91. The van der Waals surface area contributed by atoms with Crippen LogP contribution in [0.4, 0.5) is 0 Å². The number of sulfone groups is 1. The SMILES string of the molecule is N#CCS(=O)(=O)Cc1ccc(C(=O)OCC(=O)N2CCC[C@H]3CCCC[C@H]32)cc1. The molecule has 2 fully saturated rings. The summed E-state index contributed by atoms with van der Waals surface area (Å²) in [6, 6.07) is 7.89. The van der Waals surface area contributed by atoms with Crippen molar-refractivity contribution >= 4 is 21.7 Å². The number of fused-ring (bicyclic) bond motifs is 1. The van der Waals surface area contributed by atoms with Crippen molar-refractivity contribution in [2.45, 2.75) is 50.3 Å². The monoisotopic (exact) mass is 418 g/mol. The fourth-order valence-corrected chi connectivity index (χ4v) is 5.37. The largest absolute Gasteiger partial charge is 0.452 e. The maximum absolute atomic E-state index is 12.6. The molecule has 0 bridgehead atoms. The van der Waals surface area contributed by atoms with Gasteiger partial charge in [-0.1, -0.05) is 25.0 Å². The maximum atomic E-state index is 12.6. The molecule has 156 valence electrons. The summed E-state index contributed by atoms with van der Waals surface area (Å²) in [5, 5.41) is 8.54. The van der Waals surface area contributed by atoms with Crippen LogP contribution in [0, 0.1) is 17.2 Å². The molecule has 1 saturated carbocycles. The van der Waals surface area contributed by atoms with Crippen LogP contribution in [0.3, 0.4) is 0 Å². The molecule has 1 amide bonds. The lowest BCUT2D eigenvalue weighted by Gasteiger charge is -2.44. The van der Waals surface area contributed by atoms with E-state index in [9.17, 15) is 18.0 Å². The van der Waals surface area contributed by atoms with Gasteiger partial charge < -0.3 is 9.64 Å². The van der Waals surface area contributed by atoms with Gasteiger partial charge in [0, 0.05) is 12.6 Å². The summed E-state index contributed by atoms with van der Waals surface area (Å²) in [7, 11) is -3.49. The number of esters is 1. The molecule has 0 N–H and O–H groups in total. The van der Waals surface area contributed by atoms with E-state index >= 15 is 0 Å². The summed E-state index contributed by atoms with van der Waals surface area (Å²) in [5.74, 6) is -0.985. The summed E-state index contributed by atoms with van der Waals surface area (Å²) in [6.07, 6.45) is 6.74. The van der Waals surface area contributed by atoms with Crippen molar-refractivity contribution in [3.8, 4) is 6.07 Å². The second-order valence-electron chi connectivity index (χ2n) is 7.80. The van der Waals surface area contributed by atoms with E-state index in [0.29, 0.717) is 11.5 Å². The number of amides is 1. The minimum Gasteiger partial charge on any atom is -0.452 e. The number of ether oxygens (including phenoxy) is 1. The normalized spacial score (nSPS) is 21.7. The number of likely N-dealkylation sites (tertiary alicyclic amines) is 1. The van der Waals surface area contributed by atoms with E-state index in [1.165, 1.54) is 43.5 Å². The fourth-order valence-electron chi connectivity index (χ4n) is 4.37. The topological polar surface area (TPSA) is 105 Å². The molecule has 1 aromatic rings. The fraction of sp³-hybridized carbons (Fsp3) is 0.571. The number of hydrogen-bond donors (Lipinski definition) is 0. The minimum absolute atomic E-state index is 0.144. The zero-order chi connectivity index (χ0) is 20.9. The van der Waals surface area contributed by atoms with Crippen LogP contribution in [-0.4, -0.2) is 50.1 Å². The lowest BCUT2D eigenvalue weighted by Crippen LogP contribution is -2.50. The Morgan fingerprint density at radius 1 is 1.10 bits per heavy atom. The molecule has 29 heavy (non-hydrogen) atoms. The van der Waals surface area contributed by atoms with Gasteiger partial charge in [-0.2, -0.15) is 5.26 Å². The van der Waals surface area contributed by atoms with Gasteiger partial charge in [-0.15, -0.1) is 0 Å². The highest BCUT2D eigenvalue weighted by molar-refractivity contribution is 7.90. The smallest absolute Gasteiger partial charge is 0.338 e. The number of hydrogen-bond acceptors (Lipinski definition) is 6. The van der Waals surface area contributed by atoms with Crippen molar-refractivity contribution in [1.29, 1.82) is 5.26 Å². The average Bonchev–Trinajstić information content (AvgIpc) is 2.71. The molecule has 0 aromatic heterocycles. The zero-order valence-electron chi connectivity index (χ0n) is 16.4. The van der Waals surface area contributed by atoms with E-state index in [-0.39, 0.29) is 29.9 Å². The van der Waals surface area contributed by atoms with Crippen LogP contribution in [-0.2, 0) is 25.1 Å². The van der Waals surface area contributed by atoms with Gasteiger partial charge in [0.05, 0.1) is 17.4 Å². The second-order valence-corrected chi connectivity index (χ2v) is 9.87. The number of nitriles is 1. The molecule has 3 rings (SSSR count). The Hall–Kier alpha value is -2.40. The van der Waals surface area contributed by atoms with Crippen LogP contribution in [0.25, 0.3) is 0 Å². The van der Waals surface area contributed by atoms with Gasteiger partial charge in [-0.25, -0.2) is 13.2 Å². The first-order chi connectivity index (χ1) is 13.9. The van der Waals surface area contributed by atoms with Crippen LogP contribution in [0.5, 0.6) is 0 Å². The van der Waals surface area contributed by atoms with Gasteiger partial charge in [-0.05, 0) is 49.3 Å². The molecule has 0 spiro atoms. The van der Waals surface area contributed by atoms with Gasteiger partial charge in [-0.3, -0.25) is 4.79 Å². The molecule has 1 heterocycles. The number of carbonyl (C=O) groups excluding carboxylic acids is 2. The quantitative estimate of drug-likeness (QED) is 0.657. The van der Waals surface area contributed by atoms with E-state index in [4.69, 9.17) is 10.00 Å². The van der Waals surface area contributed by atoms with E-state index in [2.05, 4.69) is 0 Å². The highest BCUT2D eigenvalue weighted by Crippen LogP contribution is 2.35. The summed E-state index contributed by atoms with van der Waals surface area (Å²) < 4.78 is 28.6. The maximum Gasteiger partial charge on any atom is 0.338 e. The predicted octanol–water partition coefficient (Wildman–Crippen LogP) is 2.46. The van der Waals surface area contributed by atoms with Crippen LogP contribution in [0.1, 0.15) is 54.4 Å². The standard InChI is InChI=1S/C21H26N2O5S/c22-11-13-29(26,27)15-16-7-9-18(10-8-16)21(25)28-14-20(24)23-12-3-5-17-4-1-2-6-19(17)23/h7-10,17,19H,1-6,12-15H2/t17-,19-/m1/s1. The Morgan fingerprint density at radius 2 is 1.79 bits per heavy atom. The van der Waals surface area contributed by atoms with Gasteiger partial charge >= 0.3 is 5.97 Å². The predicted molar refractivity (Wildman–Crippen MR) is 107 cm³/mol. The number of carbonyl (C=O) groups is 2. The summed E-state index contributed by atoms with van der Waals surface area (Å²) in [4.78, 5) is 26.8. The van der Waals surface area contributed by atoms with Crippen molar-refractivity contribution in [3.63, 3.8) is 0 Å². The van der Waals surface area contributed by atoms with Gasteiger partial charge in [0.15, 0.2) is 16.4 Å². The summed E-state index contributed by atoms with van der Waals surface area (Å²) >= 11 is 0. The van der Waals surface area contributed by atoms with Crippen LogP contribution >= 0.6 is 0 Å². The van der Waals surface area contributed by atoms with E-state index in [1.807, 2.05) is 4.90 Å². The van der Waals surface area contributed by atoms with Crippen molar-refractivity contribution in [2.75, 3.05) is 18.9 Å². The van der Waals surface area contributed by atoms with E-state index < -0.39 is 21.6 Å². The van der Waals surface area contributed by atoms with Crippen molar-refractivity contribution in [3.05, 3.63) is 35.4 Å². The Balaban J connectivity index is 1.53. The molecule has 8 heteroatoms. The first-order valence-corrected chi connectivity index (χ1v) is 11.8. The molecule has 1 saturated heterocycles. The molecule has 0 radical (unpaired) electrons. The third kappa shape index (κ3) is 5.57. The number of benzene rings is 1. The van der Waals surface area contributed by atoms with Crippen molar-refractivity contribution in [2.24, 2.45) is 5.92 Å². The van der Waals surface area contributed by atoms with Crippen LogP contribution in [0.15, 0.2) is 24.3 Å². The lowest BCUT2D eigenvalue weighted by atomic mass is 9.78. The summed E-state index contributed by atoms with van der Waals surface area (Å²) in [5.41, 5.74) is 0.748. The van der Waals surface area contributed by atoms with E-state index in [0.717, 1.165) is 25.8 Å². The van der Waals surface area contributed by atoms with Crippen LogP contribution in [0.2, 0.25) is 0 Å². The highest BCUT2D eigenvalue weighted by atomic mass is 32.2. The molecule has 7 nitrogen and oxygen atoms in total. The number of piperidine rings is 1. The van der Waals surface area contributed by atoms with E-state index in [1.54, 1.807) is 6.07 Å². The average molecular weight is 419 g/mol. The number of rotatable bonds is 6. The molecule has 0 unspecified atom stereocenters. The molecule has 1 aliphatic carbocycles. The second kappa shape index (κ2) is 9.40. The first-order valence-electron chi connectivity index (χ1n) is 10.0. The third-order valence-electron chi connectivity index (χ3n) is 5.75. The lowest BCUT2D eigenvalue weighted by molar-refractivity contribution is -0.140. The third-order valence-corrected chi connectivity index (χ3v) is 7.09. The first kappa shape index (κ1) is 21.3. The van der Waals surface area contributed by atoms with Crippen molar-refractivity contribution in [1.82, 2.24) is 4.90 Å². The van der Waals surface area contributed by atoms with Crippen LogP contribution < -0.4 is 0 Å². The molecular formula is C21H26N2O5S.